The predicted molar refractivity (Wildman–Crippen MR) is 153 cm³/mol. The summed E-state index contributed by atoms with van der Waals surface area (Å²) in [6.45, 7) is 4.21. The molecular formula is C27H32N4O12S2. The number of hydrogen-bond donors (Lipinski definition) is 2. The fraction of sp³-hybridized carbons (Fsp3) is 0.556. The van der Waals surface area contributed by atoms with Crippen LogP contribution in [0, 0.1) is 0 Å². The van der Waals surface area contributed by atoms with Crippen molar-refractivity contribution in [2.24, 2.45) is 5.73 Å². The van der Waals surface area contributed by atoms with Crippen molar-refractivity contribution < 1.29 is 56.1 Å². The molecule has 4 aliphatic heterocycles. The van der Waals surface area contributed by atoms with E-state index in [1.165, 1.54) is 30.5 Å². The number of carbonyl (C=O) groups excluding carboxylic acids is 6. The zero-order valence-electron chi connectivity index (χ0n) is 24.7. The molecule has 4 heterocycles. The lowest BCUT2D eigenvalue weighted by Gasteiger charge is -2.44. The maximum Gasteiger partial charge on any atom is 0.514 e. The van der Waals surface area contributed by atoms with E-state index in [4.69, 9.17) is 19.9 Å². The Morgan fingerprint density at radius 2 is 1.53 bits per heavy atom. The third-order valence-electron chi connectivity index (χ3n) is 8.36. The Kier molecular flexibility index (Phi) is 8.28. The van der Waals surface area contributed by atoms with Crippen LogP contribution in [0.3, 0.4) is 0 Å². The number of nitrogens with zero attached hydrogens (tertiary/aromatic N) is 2. The Bertz CT molecular complexity index is 1550. The van der Waals surface area contributed by atoms with Gasteiger partial charge in [0.25, 0.3) is 0 Å². The van der Waals surface area contributed by atoms with Crippen LogP contribution in [0.5, 0.6) is 0 Å². The van der Waals surface area contributed by atoms with Gasteiger partial charge in [0.15, 0.2) is 9.84 Å². The van der Waals surface area contributed by atoms with E-state index in [0.717, 1.165) is 4.90 Å². The molecule has 5 rings (SSSR count). The first kappa shape index (κ1) is 32.5. The molecule has 0 saturated carbocycles. The number of β-lactam (4-membered cyclic amide) rings is 2. The van der Waals surface area contributed by atoms with Gasteiger partial charge in [-0.05, 0) is 33.3 Å². The van der Waals surface area contributed by atoms with Crippen molar-refractivity contribution in [3.05, 3.63) is 35.9 Å². The van der Waals surface area contributed by atoms with Crippen LogP contribution in [-0.2, 0) is 52.8 Å². The summed E-state index contributed by atoms with van der Waals surface area (Å²) in [5, 5.41) is 0.994. The van der Waals surface area contributed by atoms with E-state index in [9.17, 15) is 37.2 Å². The standard InChI is InChI=1S/C27H32N4O12S2/c1-26(2)18(31-21(34)17(22(31)44-26)29-20(33)16(28)13-8-6-5-7-9-13)23(35)40-11-42-25(37)43-12-41-24(36)19-27(3,4)45(38,39)15-10-14(32)30(15)19/h5-9,15-19,22H,10-12,28H2,1-4H3,(H,29,33)/t15-,16?,17?,18+,19+,22-/m1/s1. The van der Waals surface area contributed by atoms with E-state index in [-0.39, 0.29) is 6.42 Å². The molecule has 0 radical (unpaired) electrons. The Hall–Kier alpha value is -3.90. The van der Waals surface area contributed by atoms with Crippen LogP contribution in [0.4, 0.5) is 4.79 Å². The number of fused-ring (bicyclic) bond motifs is 2. The number of benzene rings is 1. The number of rotatable bonds is 9. The van der Waals surface area contributed by atoms with Crippen molar-refractivity contribution in [2.45, 2.75) is 78.5 Å². The maximum absolute atomic E-state index is 13.0. The second-order valence-corrected chi connectivity index (χ2v) is 16.3. The summed E-state index contributed by atoms with van der Waals surface area (Å²) >= 11 is 1.29. The molecule has 0 spiro atoms. The molecule has 244 valence electrons. The summed E-state index contributed by atoms with van der Waals surface area (Å²) in [4.78, 5) is 77.4. The van der Waals surface area contributed by atoms with E-state index < -0.39 is 104 Å². The van der Waals surface area contributed by atoms with Gasteiger partial charge in [-0.2, -0.15) is 0 Å². The largest absolute Gasteiger partial charge is 0.514 e. The van der Waals surface area contributed by atoms with Crippen molar-refractivity contribution in [3.8, 4) is 0 Å². The first-order valence-corrected chi connectivity index (χ1v) is 16.2. The van der Waals surface area contributed by atoms with Crippen LogP contribution in [0.25, 0.3) is 0 Å². The van der Waals surface area contributed by atoms with Gasteiger partial charge < -0.3 is 39.8 Å². The number of carbonyl (C=O) groups is 6. The average Bonchev–Trinajstić information content (AvgIpc) is 3.30. The lowest BCUT2D eigenvalue weighted by Crippen LogP contribution is -2.71. The van der Waals surface area contributed by atoms with Gasteiger partial charge in [0.05, 0.1) is 11.2 Å². The fourth-order valence-corrected chi connectivity index (χ4v) is 9.60. The van der Waals surface area contributed by atoms with E-state index >= 15 is 0 Å². The van der Waals surface area contributed by atoms with Gasteiger partial charge in [0, 0.05) is 4.75 Å². The van der Waals surface area contributed by atoms with Gasteiger partial charge in [-0.25, -0.2) is 22.8 Å². The molecule has 16 nitrogen and oxygen atoms in total. The van der Waals surface area contributed by atoms with E-state index in [1.807, 2.05) is 0 Å². The highest BCUT2D eigenvalue weighted by atomic mass is 32.2. The van der Waals surface area contributed by atoms with Gasteiger partial charge in [-0.3, -0.25) is 14.4 Å². The lowest BCUT2D eigenvalue weighted by molar-refractivity contribution is -0.173. The SMILES string of the molecule is CC1(C)S[C@@H]2C(NC(=O)C(N)c3ccccc3)C(=O)N2[C@H]1C(=O)OCOC(=O)OCOC(=O)[C@@H]1N2C(=O)C[C@H]2S(=O)(=O)C1(C)C. The van der Waals surface area contributed by atoms with Crippen molar-refractivity contribution in [1.82, 2.24) is 15.1 Å². The lowest BCUT2D eigenvalue weighted by atomic mass is 9.95. The number of thioether (sulfide) groups is 1. The van der Waals surface area contributed by atoms with Crippen LogP contribution in [-0.4, -0.2) is 106 Å². The summed E-state index contributed by atoms with van der Waals surface area (Å²) in [6, 6.07) is 4.28. The monoisotopic (exact) mass is 668 g/mol. The Morgan fingerprint density at radius 1 is 0.956 bits per heavy atom. The number of ether oxygens (including phenoxy) is 4. The smallest absolute Gasteiger partial charge is 0.426 e. The molecule has 45 heavy (non-hydrogen) atoms. The van der Waals surface area contributed by atoms with Gasteiger partial charge in [0.1, 0.15) is 34.9 Å². The summed E-state index contributed by atoms with van der Waals surface area (Å²) in [5.41, 5.74) is 6.61. The normalized spacial score (nSPS) is 28.9. The number of esters is 2. The van der Waals surface area contributed by atoms with Crippen molar-refractivity contribution in [3.63, 3.8) is 0 Å². The summed E-state index contributed by atoms with van der Waals surface area (Å²) in [5.74, 6) is -3.51. The van der Waals surface area contributed by atoms with Crippen LogP contribution < -0.4 is 11.1 Å². The zero-order chi connectivity index (χ0) is 33.1. The molecule has 6 atom stereocenters. The van der Waals surface area contributed by atoms with Gasteiger partial charge in [-0.15, -0.1) is 11.8 Å². The van der Waals surface area contributed by atoms with Crippen molar-refractivity contribution >= 4 is 57.4 Å². The highest BCUT2D eigenvalue weighted by Crippen LogP contribution is 2.51. The molecule has 4 aliphatic rings. The number of nitrogens with one attached hydrogen (secondary N) is 1. The molecule has 3 amide bonds. The average molecular weight is 669 g/mol. The fourth-order valence-electron chi connectivity index (χ4n) is 5.86. The van der Waals surface area contributed by atoms with E-state index in [1.54, 1.807) is 44.2 Å². The first-order chi connectivity index (χ1) is 21.0. The van der Waals surface area contributed by atoms with Crippen LogP contribution >= 0.6 is 11.8 Å². The minimum absolute atomic E-state index is 0.221. The molecule has 1 aromatic carbocycles. The molecule has 0 aliphatic carbocycles. The molecule has 3 N–H and O–H groups in total. The van der Waals surface area contributed by atoms with Crippen molar-refractivity contribution in [2.75, 3.05) is 13.6 Å². The molecule has 2 unspecified atom stereocenters. The zero-order valence-corrected chi connectivity index (χ0v) is 26.3. The van der Waals surface area contributed by atoms with Crippen molar-refractivity contribution in [1.29, 1.82) is 0 Å². The van der Waals surface area contributed by atoms with Crippen LogP contribution in [0.15, 0.2) is 30.3 Å². The van der Waals surface area contributed by atoms with Gasteiger partial charge in [-0.1, -0.05) is 30.3 Å². The molecule has 4 saturated heterocycles. The maximum atomic E-state index is 13.0. The van der Waals surface area contributed by atoms with Gasteiger partial charge in [0.2, 0.25) is 31.3 Å². The molecule has 1 aromatic rings. The quantitative estimate of drug-likeness (QED) is 0.193. The third-order valence-corrected chi connectivity index (χ3v) is 12.7. The number of hydrogen-bond acceptors (Lipinski definition) is 14. The number of amides is 3. The second kappa shape index (κ2) is 11.5. The Morgan fingerprint density at radius 3 is 2.11 bits per heavy atom. The summed E-state index contributed by atoms with van der Waals surface area (Å²) in [6.07, 6.45) is -1.59. The highest BCUT2D eigenvalue weighted by Gasteiger charge is 2.68. The number of sulfone groups is 1. The predicted octanol–water partition coefficient (Wildman–Crippen LogP) is -0.478. The molecule has 0 bridgehead atoms. The molecule has 4 fully saturated rings. The van der Waals surface area contributed by atoms with E-state index in [2.05, 4.69) is 10.1 Å². The van der Waals surface area contributed by atoms with Gasteiger partial charge >= 0.3 is 18.1 Å². The molecule has 18 heteroatoms. The Balaban J connectivity index is 1.07. The molecule has 0 aromatic heterocycles. The van der Waals surface area contributed by atoms with Crippen LogP contribution in [0.1, 0.15) is 45.7 Å². The van der Waals surface area contributed by atoms with Crippen LogP contribution in [0.2, 0.25) is 0 Å². The minimum atomic E-state index is -3.83. The first-order valence-electron chi connectivity index (χ1n) is 13.8. The Labute approximate surface area is 262 Å². The summed E-state index contributed by atoms with van der Waals surface area (Å²) in [7, 11) is -3.83. The highest BCUT2D eigenvalue weighted by molar-refractivity contribution is 8.01. The summed E-state index contributed by atoms with van der Waals surface area (Å²) < 4.78 is 42.1. The second-order valence-electron chi connectivity index (χ2n) is 11.8. The third kappa shape index (κ3) is 5.37. The van der Waals surface area contributed by atoms with E-state index in [0.29, 0.717) is 5.56 Å². The topological polar surface area (TPSA) is 218 Å². The number of nitrogens with two attached hydrogens (primary N) is 1. The minimum Gasteiger partial charge on any atom is -0.426 e. The molecular weight excluding hydrogens is 636 g/mol.